The molecule has 1 fully saturated rings. The minimum absolute atomic E-state index is 0.126. The fourth-order valence-corrected chi connectivity index (χ4v) is 2.97. The van der Waals surface area contributed by atoms with Gasteiger partial charge in [0.15, 0.2) is 5.82 Å². The van der Waals surface area contributed by atoms with Crippen molar-refractivity contribution in [3.05, 3.63) is 47.2 Å². The summed E-state index contributed by atoms with van der Waals surface area (Å²) >= 11 is 5.91. The molecule has 0 saturated carbocycles. The van der Waals surface area contributed by atoms with Crippen molar-refractivity contribution >= 4 is 17.5 Å². The predicted molar refractivity (Wildman–Crippen MR) is 85.2 cm³/mol. The van der Waals surface area contributed by atoms with Gasteiger partial charge in [-0.3, -0.25) is 9.69 Å². The van der Waals surface area contributed by atoms with Crippen molar-refractivity contribution in [1.82, 2.24) is 14.9 Å². The first kappa shape index (κ1) is 14.9. The topological polar surface area (TPSA) is 72.1 Å². The molecule has 0 unspecified atom stereocenters. The number of benzene rings is 1. The van der Waals surface area contributed by atoms with Crippen LogP contribution in [-0.4, -0.2) is 33.9 Å². The van der Waals surface area contributed by atoms with E-state index in [2.05, 4.69) is 14.9 Å². The zero-order chi connectivity index (χ0) is 15.5. The van der Waals surface area contributed by atoms with Gasteiger partial charge in [-0.2, -0.15) is 0 Å². The van der Waals surface area contributed by atoms with Gasteiger partial charge >= 0.3 is 0 Å². The monoisotopic (exact) mass is 316 g/mol. The summed E-state index contributed by atoms with van der Waals surface area (Å²) in [5.41, 5.74) is 7.17. The first-order valence-electron chi connectivity index (χ1n) is 7.25. The molecule has 1 aliphatic rings. The summed E-state index contributed by atoms with van der Waals surface area (Å²) in [4.78, 5) is 22.3. The smallest absolute Gasteiger partial charge is 0.231 e. The Hall–Kier alpha value is -1.98. The summed E-state index contributed by atoms with van der Waals surface area (Å²) in [5.74, 6) is 0.360. The van der Waals surface area contributed by atoms with Crippen LogP contribution in [0.5, 0.6) is 0 Å². The molecule has 0 radical (unpaired) electrons. The molecule has 2 N–H and O–H groups in total. The second-order valence-electron chi connectivity index (χ2n) is 5.41. The summed E-state index contributed by atoms with van der Waals surface area (Å²) < 4.78 is 0. The molecule has 3 rings (SSSR count). The number of likely N-dealkylation sites (tertiary alicyclic amines) is 1. The van der Waals surface area contributed by atoms with Crippen LogP contribution in [0.2, 0.25) is 5.02 Å². The van der Waals surface area contributed by atoms with Crippen molar-refractivity contribution in [1.29, 1.82) is 0 Å². The van der Waals surface area contributed by atoms with Gasteiger partial charge in [-0.25, -0.2) is 9.97 Å². The quantitative estimate of drug-likeness (QED) is 0.940. The number of nitrogens with two attached hydrogens (primary N) is 1. The molecule has 1 aromatic heterocycles. The molecule has 6 heteroatoms. The molecule has 22 heavy (non-hydrogen) atoms. The molecule has 0 spiro atoms. The molecule has 1 aliphatic heterocycles. The number of amides is 1. The summed E-state index contributed by atoms with van der Waals surface area (Å²) in [7, 11) is 0. The van der Waals surface area contributed by atoms with Crippen LogP contribution in [0, 0.1) is 0 Å². The molecular formula is C16H17ClN4O. The predicted octanol–water partition coefficient (Wildman–Crippen LogP) is 2.42. The van der Waals surface area contributed by atoms with Crippen LogP contribution < -0.4 is 5.73 Å². The Bertz CT molecular complexity index is 674. The number of aromatic nitrogens is 2. The van der Waals surface area contributed by atoms with E-state index < -0.39 is 0 Å². The van der Waals surface area contributed by atoms with Gasteiger partial charge in [-0.1, -0.05) is 11.6 Å². The fraction of sp³-hybridized carbons (Fsp3) is 0.312. The summed E-state index contributed by atoms with van der Waals surface area (Å²) in [5, 5.41) is 0.684. The second kappa shape index (κ2) is 6.42. The number of carbonyl (C=O) groups is 1. The van der Waals surface area contributed by atoms with Gasteiger partial charge in [-0.15, -0.1) is 0 Å². The summed E-state index contributed by atoms with van der Waals surface area (Å²) in [6, 6.07) is 9.48. The van der Waals surface area contributed by atoms with Crippen molar-refractivity contribution in [2.24, 2.45) is 5.73 Å². The summed E-state index contributed by atoms with van der Waals surface area (Å²) in [6.45, 7) is 1.14. The highest BCUT2D eigenvalue weighted by molar-refractivity contribution is 6.30. The van der Waals surface area contributed by atoms with Crippen molar-refractivity contribution in [2.75, 3.05) is 13.1 Å². The van der Waals surface area contributed by atoms with Gasteiger partial charge < -0.3 is 5.73 Å². The Labute approximate surface area is 134 Å². The van der Waals surface area contributed by atoms with E-state index in [0.29, 0.717) is 10.8 Å². The number of hydrogen-bond donors (Lipinski definition) is 1. The molecule has 114 valence electrons. The highest BCUT2D eigenvalue weighted by atomic mass is 35.5. The van der Waals surface area contributed by atoms with E-state index in [-0.39, 0.29) is 18.5 Å². The second-order valence-corrected chi connectivity index (χ2v) is 5.84. The van der Waals surface area contributed by atoms with Gasteiger partial charge in [-0.05, 0) is 49.7 Å². The summed E-state index contributed by atoms with van der Waals surface area (Å²) in [6.07, 6.45) is 3.77. The Morgan fingerprint density at radius 2 is 2.09 bits per heavy atom. The fourth-order valence-electron chi connectivity index (χ4n) is 2.85. The average Bonchev–Trinajstić information content (AvgIpc) is 2.95. The number of halogens is 1. The van der Waals surface area contributed by atoms with E-state index in [1.165, 1.54) is 0 Å². The molecule has 2 aromatic rings. The maximum absolute atomic E-state index is 11.2. The largest absolute Gasteiger partial charge is 0.369 e. The molecule has 1 aromatic carbocycles. The van der Waals surface area contributed by atoms with Crippen LogP contribution in [0.15, 0.2) is 36.5 Å². The van der Waals surface area contributed by atoms with E-state index in [0.717, 1.165) is 30.6 Å². The van der Waals surface area contributed by atoms with Gasteiger partial charge in [0.1, 0.15) is 0 Å². The molecule has 2 heterocycles. The lowest BCUT2D eigenvalue weighted by atomic mass is 10.1. The Kier molecular flexibility index (Phi) is 4.36. The van der Waals surface area contributed by atoms with E-state index in [1.807, 2.05) is 30.3 Å². The van der Waals surface area contributed by atoms with Crippen LogP contribution in [-0.2, 0) is 4.79 Å². The maximum Gasteiger partial charge on any atom is 0.231 e. The van der Waals surface area contributed by atoms with Crippen LogP contribution in [0.25, 0.3) is 11.4 Å². The highest BCUT2D eigenvalue weighted by Crippen LogP contribution is 2.31. The van der Waals surface area contributed by atoms with Crippen molar-refractivity contribution in [3.8, 4) is 11.4 Å². The van der Waals surface area contributed by atoms with E-state index in [9.17, 15) is 4.79 Å². The average molecular weight is 317 g/mol. The molecule has 1 amide bonds. The lowest BCUT2D eigenvalue weighted by molar-refractivity contribution is -0.119. The Balaban J connectivity index is 1.87. The third kappa shape index (κ3) is 3.26. The number of hydrogen-bond acceptors (Lipinski definition) is 4. The molecule has 1 saturated heterocycles. The van der Waals surface area contributed by atoms with Crippen molar-refractivity contribution in [2.45, 2.75) is 18.9 Å². The third-order valence-corrected chi connectivity index (χ3v) is 4.10. The molecular weight excluding hydrogens is 300 g/mol. The van der Waals surface area contributed by atoms with Gasteiger partial charge in [0, 0.05) is 16.8 Å². The molecule has 5 nitrogen and oxygen atoms in total. The zero-order valence-electron chi connectivity index (χ0n) is 12.1. The third-order valence-electron chi connectivity index (χ3n) is 3.84. The van der Waals surface area contributed by atoms with Crippen molar-refractivity contribution in [3.63, 3.8) is 0 Å². The van der Waals surface area contributed by atoms with Gasteiger partial charge in [0.2, 0.25) is 5.91 Å². The van der Waals surface area contributed by atoms with Crippen LogP contribution in [0.3, 0.4) is 0 Å². The minimum atomic E-state index is -0.307. The highest BCUT2D eigenvalue weighted by Gasteiger charge is 2.28. The molecule has 0 aliphatic carbocycles. The van der Waals surface area contributed by atoms with Crippen LogP contribution in [0.4, 0.5) is 0 Å². The first-order valence-corrected chi connectivity index (χ1v) is 7.62. The lowest BCUT2D eigenvalue weighted by Crippen LogP contribution is -2.33. The van der Waals surface area contributed by atoms with Crippen LogP contribution in [0.1, 0.15) is 24.6 Å². The van der Waals surface area contributed by atoms with E-state index >= 15 is 0 Å². The molecule has 0 bridgehead atoms. The standard InChI is InChI=1S/C16H17ClN4O/c17-12-5-3-11(4-6-12)16-19-8-7-13(20-16)14-2-1-9-21(14)10-15(18)22/h3-8,14H,1-2,9-10H2,(H2,18,22)/t14-/m1/s1. The number of rotatable bonds is 4. The lowest BCUT2D eigenvalue weighted by Gasteiger charge is -2.22. The maximum atomic E-state index is 11.2. The van der Waals surface area contributed by atoms with Crippen LogP contribution >= 0.6 is 11.6 Å². The Morgan fingerprint density at radius 3 is 2.82 bits per heavy atom. The minimum Gasteiger partial charge on any atom is -0.369 e. The SMILES string of the molecule is NC(=O)CN1CCC[C@@H]1c1ccnc(-c2ccc(Cl)cc2)n1. The van der Waals surface area contributed by atoms with E-state index in [4.69, 9.17) is 17.3 Å². The van der Waals surface area contributed by atoms with Gasteiger partial charge in [0.05, 0.1) is 18.3 Å². The zero-order valence-corrected chi connectivity index (χ0v) is 12.8. The number of primary amides is 1. The Morgan fingerprint density at radius 1 is 1.32 bits per heavy atom. The first-order chi connectivity index (χ1) is 10.6. The molecule has 1 atom stereocenters. The number of nitrogens with zero attached hydrogens (tertiary/aromatic N) is 3. The van der Waals surface area contributed by atoms with E-state index in [1.54, 1.807) is 6.20 Å². The normalized spacial score (nSPS) is 18.5. The van der Waals surface area contributed by atoms with Gasteiger partial charge in [0.25, 0.3) is 0 Å². The van der Waals surface area contributed by atoms with Crippen molar-refractivity contribution < 1.29 is 4.79 Å². The number of carbonyl (C=O) groups excluding carboxylic acids is 1.